The molecule has 17 heavy (non-hydrogen) atoms. The minimum atomic E-state index is 0. The molecule has 4 nitrogen and oxygen atoms in total. The van der Waals surface area contributed by atoms with Crippen LogP contribution in [0.25, 0.3) is 0 Å². The number of amides is 1. The van der Waals surface area contributed by atoms with Gasteiger partial charge in [0.15, 0.2) is 0 Å². The van der Waals surface area contributed by atoms with E-state index in [2.05, 4.69) is 5.32 Å². The van der Waals surface area contributed by atoms with Gasteiger partial charge in [-0.1, -0.05) is 6.42 Å². The molecule has 2 unspecified atom stereocenters. The van der Waals surface area contributed by atoms with Crippen molar-refractivity contribution in [2.45, 2.75) is 31.7 Å². The van der Waals surface area contributed by atoms with Crippen molar-refractivity contribution in [3.8, 4) is 0 Å². The summed E-state index contributed by atoms with van der Waals surface area (Å²) in [4.78, 5) is 14.2. The molecule has 2 aliphatic heterocycles. The van der Waals surface area contributed by atoms with E-state index in [1.54, 1.807) is 7.11 Å². The predicted octanol–water partition coefficient (Wildman–Crippen LogP) is 1.05. The second kappa shape index (κ2) is 7.19. The molecule has 0 spiro atoms. The molecule has 0 radical (unpaired) electrons. The summed E-state index contributed by atoms with van der Waals surface area (Å²) >= 11 is 0. The summed E-state index contributed by atoms with van der Waals surface area (Å²) in [6.45, 7) is 3.56. The molecule has 2 saturated heterocycles. The lowest BCUT2D eigenvalue weighted by Gasteiger charge is -2.27. The van der Waals surface area contributed by atoms with Crippen LogP contribution in [0, 0.1) is 5.92 Å². The summed E-state index contributed by atoms with van der Waals surface area (Å²) < 4.78 is 5.15. The molecule has 2 rings (SSSR count). The van der Waals surface area contributed by atoms with Crippen molar-refractivity contribution in [3.63, 3.8) is 0 Å². The van der Waals surface area contributed by atoms with Gasteiger partial charge in [0, 0.05) is 26.1 Å². The fraction of sp³-hybridized carbons (Fsp3) is 0.917. The zero-order valence-corrected chi connectivity index (χ0v) is 11.3. The molecular formula is C12H23ClN2O2. The minimum absolute atomic E-state index is 0. The highest BCUT2D eigenvalue weighted by molar-refractivity contribution is 5.85. The molecule has 0 saturated carbocycles. The molecule has 100 valence electrons. The molecule has 2 aliphatic rings. The van der Waals surface area contributed by atoms with E-state index in [-0.39, 0.29) is 18.4 Å². The van der Waals surface area contributed by atoms with E-state index in [0.717, 1.165) is 39.1 Å². The van der Waals surface area contributed by atoms with E-state index in [1.165, 1.54) is 12.8 Å². The first-order valence-corrected chi connectivity index (χ1v) is 6.32. The minimum Gasteiger partial charge on any atom is -0.384 e. The molecule has 1 amide bonds. The zero-order valence-electron chi connectivity index (χ0n) is 10.5. The summed E-state index contributed by atoms with van der Waals surface area (Å²) in [6.07, 6.45) is 4.48. The normalized spacial score (nSPS) is 28.9. The van der Waals surface area contributed by atoms with Crippen molar-refractivity contribution >= 4 is 18.3 Å². The van der Waals surface area contributed by atoms with Crippen LogP contribution in [0.1, 0.15) is 25.7 Å². The van der Waals surface area contributed by atoms with Crippen LogP contribution < -0.4 is 5.32 Å². The highest BCUT2D eigenvalue weighted by atomic mass is 35.5. The molecule has 2 fully saturated rings. The van der Waals surface area contributed by atoms with Crippen molar-refractivity contribution < 1.29 is 9.53 Å². The standard InChI is InChI=1S/C12H22N2O2.ClH/c1-16-9-10-5-7-14(8-10)12(15)11-4-2-3-6-13-11;/h10-11,13H,2-9H2,1H3;1H. The third-order valence-electron chi connectivity index (χ3n) is 3.61. The molecule has 0 aromatic carbocycles. The van der Waals surface area contributed by atoms with Gasteiger partial charge in [-0.15, -0.1) is 12.4 Å². The molecule has 0 aliphatic carbocycles. The van der Waals surface area contributed by atoms with E-state index in [1.807, 2.05) is 4.90 Å². The first-order valence-electron chi connectivity index (χ1n) is 6.32. The second-order valence-corrected chi connectivity index (χ2v) is 4.90. The van der Waals surface area contributed by atoms with E-state index < -0.39 is 0 Å². The average molecular weight is 263 g/mol. The molecule has 5 heteroatoms. The zero-order chi connectivity index (χ0) is 11.4. The Kier molecular flexibility index (Phi) is 6.23. The molecule has 2 atom stereocenters. The van der Waals surface area contributed by atoms with Crippen LogP contribution in [0.15, 0.2) is 0 Å². The van der Waals surface area contributed by atoms with Crippen LogP contribution in [0.3, 0.4) is 0 Å². The predicted molar refractivity (Wildman–Crippen MR) is 69.5 cm³/mol. The summed E-state index contributed by atoms with van der Waals surface area (Å²) in [7, 11) is 1.73. The van der Waals surface area contributed by atoms with Gasteiger partial charge in [-0.25, -0.2) is 0 Å². The number of likely N-dealkylation sites (tertiary alicyclic amines) is 1. The number of piperidine rings is 1. The fourth-order valence-electron chi connectivity index (χ4n) is 2.69. The van der Waals surface area contributed by atoms with Gasteiger partial charge < -0.3 is 15.0 Å². The van der Waals surface area contributed by atoms with Crippen LogP contribution in [0.5, 0.6) is 0 Å². The maximum atomic E-state index is 12.2. The van der Waals surface area contributed by atoms with Crippen LogP contribution in [0.2, 0.25) is 0 Å². The number of nitrogens with one attached hydrogen (secondary N) is 1. The maximum Gasteiger partial charge on any atom is 0.239 e. The van der Waals surface area contributed by atoms with Crippen molar-refractivity contribution in [2.24, 2.45) is 5.92 Å². The second-order valence-electron chi connectivity index (χ2n) is 4.90. The number of rotatable bonds is 3. The number of carbonyl (C=O) groups is 1. The Morgan fingerprint density at radius 3 is 2.88 bits per heavy atom. The molecule has 2 heterocycles. The maximum absolute atomic E-state index is 12.2. The van der Waals surface area contributed by atoms with E-state index >= 15 is 0 Å². The average Bonchev–Trinajstić information content (AvgIpc) is 2.78. The number of carbonyl (C=O) groups excluding carboxylic acids is 1. The Labute approximate surface area is 109 Å². The quantitative estimate of drug-likeness (QED) is 0.827. The topological polar surface area (TPSA) is 41.6 Å². The van der Waals surface area contributed by atoms with Gasteiger partial charge in [-0.3, -0.25) is 4.79 Å². The lowest BCUT2D eigenvalue weighted by molar-refractivity contribution is -0.133. The van der Waals surface area contributed by atoms with E-state index in [9.17, 15) is 4.79 Å². The van der Waals surface area contributed by atoms with Crippen molar-refractivity contribution in [1.29, 1.82) is 0 Å². The van der Waals surface area contributed by atoms with Gasteiger partial charge in [-0.2, -0.15) is 0 Å². The molecular weight excluding hydrogens is 240 g/mol. The van der Waals surface area contributed by atoms with Gasteiger partial charge in [0.2, 0.25) is 5.91 Å². The summed E-state index contributed by atoms with van der Waals surface area (Å²) in [6, 6.07) is 0.0787. The Morgan fingerprint density at radius 1 is 1.41 bits per heavy atom. The van der Waals surface area contributed by atoms with Gasteiger partial charge in [0.05, 0.1) is 12.6 Å². The Bertz CT molecular complexity index is 245. The largest absolute Gasteiger partial charge is 0.384 e. The van der Waals surface area contributed by atoms with Gasteiger partial charge in [-0.05, 0) is 25.8 Å². The number of methoxy groups -OCH3 is 1. The number of hydrogen-bond acceptors (Lipinski definition) is 3. The number of halogens is 1. The lowest BCUT2D eigenvalue weighted by Crippen LogP contribution is -2.47. The van der Waals surface area contributed by atoms with Gasteiger partial charge in [0.1, 0.15) is 0 Å². The van der Waals surface area contributed by atoms with Crippen molar-refractivity contribution in [2.75, 3.05) is 33.4 Å². The smallest absolute Gasteiger partial charge is 0.239 e. The highest BCUT2D eigenvalue weighted by Gasteiger charge is 2.31. The third kappa shape index (κ3) is 3.83. The number of hydrogen-bond donors (Lipinski definition) is 1. The Morgan fingerprint density at radius 2 is 2.24 bits per heavy atom. The molecule has 1 N–H and O–H groups in total. The summed E-state index contributed by atoms with van der Waals surface area (Å²) in [5.74, 6) is 0.843. The van der Waals surface area contributed by atoms with Crippen LogP contribution in [-0.2, 0) is 9.53 Å². The summed E-state index contributed by atoms with van der Waals surface area (Å²) in [5.41, 5.74) is 0. The SMILES string of the molecule is COCC1CCN(C(=O)C2CCCCN2)C1.Cl. The van der Waals surface area contributed by atoms with E-state index in [0.29, 0.717) is 11.8 Å². The van der Waals surface area contributed by atoms with Gasteiger partial charge >= 0.3 is 0 Å². The summed E-state index contributed by atoms with van der Waals surface area (Å²) in [5, 5.41) is 3.32. The molecule has 0 aromatic heterocycles. The highest BCUT2D eigenvalue weighted by Crippen LogP contribution is 2.19. The van der Waals surface area contributed by atoms with E-state index in [4.69, 9.17) is 4.74 Å². The molecule has 0 bridgehead atoms. The fourth-order valence-corrected chi connectivity index (χ4v) is 2.69. The third-order valence-corrected chi connectivity index (χ3v) is 3.61. The lowest BCUT2D eigenvalue weighted by atomic mass is 10.0. The molecule has 0 aromatic rings. The Balaban J connectivity index is 0.00000144. The Hall–Kier alpha value is -0.320. The van der Waals surface area contributed by atoms with Crippen molar-refractivity contribution in [3.05, 3.63) is 0 Å². The first kappa shape index (κ1) is 14.7. The van der Waals surface area contributed by atoms with Crippen LogP contribution in [0.4, 0.5) is 0 Å². The number of nitrogens with zero attached hydrogens (tertiary/aromatic N) is 1. The van der Waals surface area contributed by atoms with Gasteiger partial charge in [0.25, 0.3) is 0 Å². The van der Waals surface area contributed by atoms with Crippen LogP contribution >= 0.6 is 12.4 Å². The first-order chi connectivity index (χ1) is 7.81. The monoisotopic (exact) mass is 262 g/mol. The van der Waals surface area contributed by atoms with Crippen molar-refractivity contribution in [1.82, 2.24) is 10.2 Å². The number of ether oxygens (including phenoxy) is 1. The van der Waals surface area contributed by atoms with Crippen LogP contribution in [-0.4, -0.2) is 50.2 Å².